The Morgan fingerprint density at radius 2 is 1.75 bits per heavy atom. The Balaban J connectivity index is 1.87. The van der Waals surface area contributed by atoms with Crippen LogP contribution in [0.3, 0.4) is 0 Å². The van der Waals surface area contributed by atoms with Gasteiger partial charge in [-0.3, -0.25) is 9.97 Å². The molecule has 1 aliphatic heterocycles. The Morgan fingerprint density at radius 1 is 0.958 bits per heavy atom. The SMILES string of the molecule is CC1CN(c2nc(-c3ccccn3)cc3ncccc23)CC(C)O1. The maximum Gasteiger partial charge on any atom is 0.138 e. The Kier molecular flexibility index (Phi) is 3.86. The standard InChI is InChI=1S/C19H20N4O/c1-13-11-23(12-14(2)24-13)19-15-6-5-9-21-17(15)10-18(22-19)16-7-3-4-8-20-16/h3-10,13-14H,11-12H2,1-2H3. The van der Waals surface area contributed by atoms with Gasteiger partial charge < -0.3 is 9.64 Å². The molecule has 24 heavy (non-hydrogen) atoms. The zero-order valence-corrected chi connectivity index (χ0v) is 13.9. The lowest BCUT2D eigenvalue weighted by atomic mass is 10.1. The van der Waals surface area contributed by atoms with E-state index in [0.717, 1.165) is 41.2 Å². The van der Waals surface area contributed by atoms with Gasteiger partial charge in [0.15, 0.2) is 0 Å². The number of ether oxygens (including phenoxy) is 1. The van der Waals surface area contributed by atoms with E-state index in [1.54, 1.807) is 6.20 Å². The number of morpholine rings is 1. The zero-order chi connectivity index (χ0) is 16.5. The molecule has 0 aromatic carbocycles. The highest BCUT2D eigenvalue weighted by Crippen LogP contribution is 2.30. The maximum atomic E-state index is 5.87. The molecule has 3 aromatic heterocycles. The molecule has 5 heteroatoms. The van der Waals surface area contributed by atoms with Gasteiger partial charge in [-0.2, -0.15) is 0 Å². The summed E-state index contributed by atoms with van der Waals surface area (Å²) in [5.41, 5.74) is 2.65. The predicted molar refractivity (Wildman–Crippen MR) is 95.0 cm³/mol. The molecule has 1 saturated heterocycles. The van der Waals surface area contributed by atoms with Gasteiger partial charge in [-0.25, -0.2) is 4.98 Å². The summed E-state index contributed by atoms with van der Waals surface area (Å²) in [7, 11) is 0. The van der Waals surface area contributed by atoms with E-state index in [-0.39, 0.29) is 12.2 Å². The second-order valence-corrected chi connectivity index (χ2v) is 6.28. The molecule has 0 aliphatic carbocycles. The molecular weight excluding hydrogens is 300 g/mol. The lowest BCUT2D eigenvalue weighted by Gasteiger charge is -2.36. The highest BCUT2D eigenvalue weighted by molar-refractivity contribution is 5.92. The van der Waals surface area contributed by atoms with Crippen molar-refractivity contribution in [1.29, 1.82) is 0 Å². The Bertz CT molecular complexity index is 842. The number of aromatic nitrogens is 3. The minimum absolute atomic E-state index is 0.181. The second kappa shape index (κ2) is 6.17. The molecule has 0 amide bonds. The molecule has 4 heterocycles. The van der Waals surface area contributed by atoms with E-state index >= 15 is 0 Å². The Morgan fingerprint density at radius 3 is 2.50 bits per heavy atom. The van der Waals surface area contributed by atoms with E-state index in [2.05, 4.69) is 34.8 Å². The van der Waals surface area contributed by atoms with Gasteiger partial charge in [-0.1, -0.05) is 6.07 Å². The largest absolute Gasteiger partial charge is 0.372 e. The fourth-order valence-corrected chi connectivity index (χ4v) is 3.30. The molecule has 1 aliphatic rings. The van der Waals surface area contributed by atoms with Crippen LogP contribution < -0.4 is 4.90 Å². The van der Waals surface area contributed by atoms with Crippen LogP contribution in [-0.4, -0.2) is 40.2 Å². The molecule has 5 nitrogen and oxygen atoms in total. The molecule has 0 bridgehead atoms. The van der Waals surface area contributed by atoms with Crippen molar-refractivity contribution in [3.63, 3.8) is 0 Å². The molecule has 122 valence electrons. The van der Waals surface area contributed by atoms with Crippen molar-refractivity contribution in [1.82, 2.24) is 15.0 Å². The van der Waals surface area contributed by atoms with Crippen LogP contribution in [0.15, 0.2) is 48.8 Å². The van der Waals surface area contributed by atoms with Crippen molar-refractivity contribution in [2.75, 3.05) is 18.0 Å². The van der Waals surface area contributed by atoms with E-state index < -0.39 is 0 Å². The summed E-state index contributed by atoms with van der Waals surface area (Å²) >= 11 is 0. The lowest BCUT2D eigenvalue weighted by molar-refractivity contribution is -0.00536. The van der Waals surface area contributed by atoms with Crippen LogP contribution in [0.2, 0.25) is 0 Å². The molecular formula is C19H20N4O. The molecule has 2 atom stereocenters. The summed E-state index contributed by atoms with van der Waals surface area (Å²) in [5.74, 6) is 0.961. The number of nitrogens with zero attached hydrogens (tertiary/aromatic N) is 4. The van der Waals surface area contributed by atoms with Gasteiger partial charge in [-0.15, -0.1) is 0 Å². The van der Waals surface area contributed by atoms with Gasteiger partial charge in [0, 0.05) is 30.9 Å². The van der Waals surface area contributed by atoms with Crippen molar-refractivity contribution in [2.24, 2.45) is 0 Å². The van der Waals surface area contributed by atoms with Gasteiger partial charge in [0.05, 0.1) is 29.1 Å². The normalized spacial score (nSPS) is 21.2. The number of rotatable bonds is 2. The van der Waals surface area contributed by atoms with Crippen LogP contribution >= 0.6 is 0 Å². The summed E-state index contributed by atoms with van der Waals surface area (Å²) in [4.78, 5) is 16.2. The predicted octanol–water partition coefficient (Wildman–Crippen LogP) is 3.31. The molecule has 1 fully saturated rings. The molecule has 0 radical (unpaired) electrons. The number of hydrogen-bond donors (Lipinski definition) is 0. The number of hydrogen-bond acceptors (Lipinski definition) is 5. The summed E-state index contributed by atoms with van der Waals surface area (Å²) in [6.07, 6.45) is 3.97. The average Bonchev–Trinajstić information content (AvgIpc) is 2.60. The van der Waals surface area contributed by atoms with Crippen molar-refractivity contribution in [2.45, 2.75) is 26.1 Å². The van der Waals surface area contributed by atoms with Gasteiger partial charge >= 0.3 is 0 Å². The minimum atomic E-state index is 0.181. The first-order valence-corrected chi connectivity index (χ1v) is 8.28. The third-order valence-electron chi connectivity index (χ3n) is 4.23. The van der Waals surface area contributed by atoms with Crippen LogP contribution in [0, 0.1) is 0 Å². The summed E-state index contributed by atoms with van der Waals surface area (Å²) in [5, 5.41) is 1.07. The molecule has 4 rings (SSSR count). The van der Waals surface area contributed by atoms with Gasteiger partial charge in [0.2, 0.25) is 0 Å². The van der Waals surface area contributed by atoms with Crippen LogP contribution in [0.4, 0.5) is 5.82 Å². The van der Waals surface area contributed by atoms with E-state index in [4.69, 9.17) is 9.72 Å². The first-order chi connectivity index (χ1) is 11.7. The minimum Gasteiger partial charge on any atom is -0.372 e. The average molecular weight is 320 g/mol. The van der Waals surface area contributed by atoms with Crippen LogP contribution in [0.5, 0.6) is 0 Å². The molecule has 0 spiro atoms. The maximum absolute atomic E-state index is 5.87. The second-order valence-electron chi connectivity index (χ2n) is 6.28. The fraction of sp³-hybridized carbons (Fsp3) is 0.316. The van der Waals surface area contributed by atoms with E-state index in [1.807, 2.05) is 36.5 Å². The van der Waals surface area contributed by atoms with Crippen LogP contribution in [0.25, 0.3) is 22.3 Å². The third kappa shape index (κ3) is 2.83. The van der Waals surface area contributed by atoms with Crippen molar-refractivity contribution in [3.8, 4) is 11.4 Å². The quantitative estimate of drug-likeness (QED) is 0.725. The highest BCUT2D eigenvalue weighted by Gasteiger charge is 2.25. The zero-order valence-electron chi connectivity index (χ0n) is 13.9. The number of pyridine rings is 3. The smallest absolute Gasteiger partial charge is 0.138 e. The lowest BCUT2D eigenvalue weighted by Crippen LogP contribution is -2.46. The highest BCUT2D eigenvalue weighted by atomic mass is 16.5. The van der Waals surface area contributed by atoms with Gasteiger partial charge in [0.25, 0.3) is 0 Å². The molecule has 3 aromatic rings. The third-order valence-corrected chi connectivity index (χ3v) is 4.23. The van der Waals surface area contributed by atoms with Crippen molar-refractivity contribution < 1.29 is 4.74 Å². The monoisotopic (exact) mass is 320 g/mol. The van der Waals surface area contributed by atoms with Crippen molar-refractivity contribution >= 4 is 16.7 Å². The first-order valence-electron chi connectivity index (χ1n) is 8.28. The van der Waals surface area contributed by atoms with Gasteiger partial charge in [-0.05, 0) is 44.2 Å². The molecule has 0 saturated carbocycles. The summed E-state index contributed by atoms with van der Waals surface area (Å²) in [6.45, 7) is 5.86. The summed E-state index contributed by atoms with van der Waals surface area (Å²) in [6, 6.07) is 11.9. The van der Waals surface area contributed by atoms with Gasteiger partial charge in [0.1, 0.15) is 5.82 Å². The fourth-order valence-electron chi connectivity index (χ4n) is 3.30. The number of fused-ring (bicyclic) bond motifs is 1. The van der Waals surface area contributed by atoms with E-state index in [1.165, 1.54) is 0 Å². The van der Waals surface area contributed by atoms with Crippen LogP contribution in [0.1, 0.15) is 13.8 Å². The van der Waals surface area contributed by atoms with Crippen molar-refractivity contribution in [3.05, 3.63) is 48.8 Å². The van der Waals surface area contributed by atoms with Crippen LogP contribution in [-0.2, 0) is 4.74 Å². The Labute approximate surface area is 141 Å². The topological polar surface area (TPSA) is 51.1 Å². The Hall–Kier alpha value is -2.53. The summed E-state index contributed by atoms with van der Waals surface area (Å²) < 4.78 is 5.87. The van der Waals surface area contributed by atoms with E-state index in [9.17, 15) is 0 Å². The number of anilines is 1. The molecule has 0 N–H and O–H groups in total. The molecule has 2 unspecified atom stereocenters. The van der Waals surface area contributed by atoms with E-state index in [0.29, 0.717) is 0 Å². The first kappa shape index (κ1) is 15.0.